The van der Waals surface area contributed by atoms with Gasteiger partial charge < -0.3 is 19.9 Å². The second-order valence-corrected chi connectivity index (χ2v) is 14.2. The first kappa shape index (κ1) is 29.3. The topological polar surface area (TPSA) is 118 Å². The number of hydrogen-bond donors (Lipinski definition) is 3. The summed E-state index contributed by atoms with van der Waals surface area (Å²) in [5.41, 5.74) is 0.159. The van der Waals surface area contributed by atoms with Gasteiger partial charge in [-0.25, -0.2) is 8.42 Å². The number of aliphatic hydroxyl groups is 3. The van der Waals surface area contributed by atoms with E-state index in [2.05, 4.69) is 20.8 Å². The number of rotatable bonds is 7. The van der Waals surface area contributed by atoms with Gasteiger partial charge in [0.1, 0.15) is 0 Å². The Labute approximate surface area is 228 Å². The van der Waals surface area contributed by atoms with Gasteiger partial charge in [-0.15, -0.1) is 0 Å². The van der Waals surface area contributed by atoms with Crippen LogP contribution in [0.4, 0.5) is 0 Å². The molecular weight excluding hydrogens is 463 g/mol. The maximum atomic E-state index is 11.3. The summed E-state index contributed by atoms with van der Waals surface area (Å²) < 4.78 is 32.5. The third kappa shape index (κ3) is 5.48. The molecule has 0 aromatic carbocycles. The zero-order chi connectivity index (χ0) is 24.2. The molecular formula is C26H45NaO6S. The van der Waals surface area contributed by atoms with Gasteiger partial charge in [0.25, 0.3) is 0 Å². The van der Waals surface area contributed by atoms with Crippen molar-refractivity contribution in [1.29, 1.82) is 0 Å². The van der Waals surface area contributed by atoms with Gasteiger partial charge in [-0.3, -0.25) is 0 Å². The summed E-state index contributed by atoms with van der Waals surface area (Å²) in [4.78, 5) is 0. The Balaban J connectivity index is 0.00000324. The minimum atomic E-state index is -4.13. The molecule has 0 aromatic heterocycles. The molecule has 4 aliphatic rings. The van der Waals surface area contributed by atoms with Crippen molar-refractivity contribution in [1.82, 2.24) is 0 Å². The maximum absolute atomic E-state index is 11.3. The summed E-state index contributed by atoms with van der Waals surface area (Å²) in [6.45, 7) is 7.00. The molecule has 0 amide bonds. The van der Waals surface area contributed by atoms with Crippen molar-refractivity contribution in [3.05, 3.63) is 0 Å². The second kappa shape index (κ2) is 10.9. The molecule has 0 aliphatic heterocycles. The van der Waals surface area contributed by atoms with Crippen LogP contribution in [0, 0.1) is 46.3 Å². The fourth-order valence-electron chi connectivity index (χ4n) is 9.30. The summed E-state index contributed by atoms with van der Waals surface area (Å²) in [5, 5.41) is 32.9. The summed E-state index contributed by atoms with van der Waals surface area (Å²) in [6, 6.07) is 0. The van der Waals surface area contributed by atoms with E-state index in [0.717, 1.165) is 64.2 Å². The van der Waals surface area contributed by atoms with E-state index < -0.39 is 16.2 Å². The predicted molar refractivity (Wildman–Crippen MR) is 126 cm³/mol. The van der Waals surface area contributed by atoms with Gasteiger partial charge in [0.2, 0.25) is 0 Å². The van der Waals surface area contributed by atoms with Crippen molar-refractivity contribution < 1.29 is 57.8 Å². The van der Waals surface area contributed by atoms with E-state index in [4.69, 9.17) is 0 Å². The number of hydrogen-bond acceptors (Lipinski definition) is 6. The Kier molecular flexibility index (Phi) is 9.39. The minimum Gasteiger partial charge on any atom is -0.748 e. The molecule has 0 radical (unpaired) electrons. The Morgan fingerprint density at radius 3 is 2.29 bits per heavy atom. The van der Waals surface area contributed by atoms with Crippen LogP contribution < -0.4 is 29.6 Å². The van der Waals surface area contributed by atoms with E-state index in [-0.39, 0.29) is 70.2 Å². The van der Waals surface area contributed by atoms with Gasteiger partial charge in [0, 0.05) is 5.75 Å². The van der Waals surface area contributed by atoms with Gasteiger partial charge >= 0.3 is 29.6 Å². The van der Waals surface area contributed by atoms with Crippen molar-refractivity contribution in [2.24, 2.45) is 46.3 Å². The maximum Gasteiger partial charge on any atom is 1.00 e. The summed E-state index contributed by atoms with van der Waals surface area (Å²) >= 11 is 0. The van der Waals surface area contributed by atoms with Crippen molar-refractivity contribution in [2.75, 3.05) is 5.75 Å². The van der Waals surface area contributed by atoms with E-state index in [1.165, 1.54) is 0 Å². The molecule has 4 saturated carbocycles. The standard InChI is InChI=1S/C26H46O6S.Na/c1-16(7-5-4-6-12-33(30,31)32)20-15-22(29)24-23-19(9-11-26(20,24)3)25(2)10-8-18(27)13-17(25)14-21(23)28;/h16-24,27-29H,4-15H2,1-3H3,(H,30,31,32);/q;+1/p-1/t16-,17+,18-,19+,20-,21-,22+,23+,24+,25+,26-;/m1./s1. The van der Waals surface area contributed by atoms with E-state index >= 15 is 0 Å². The van der Waals surface area contributed by atoms with E-state index in [0.29, 0.717) is 30.1 Å². The third-order valence-electron chi connectivity index (χ3n) is 11.0. The molecule has 0 heterocycles. The van der Waals surface area contributed by atoms with Crippen molar-refractivity contribution >= 4 is 10.1 Å². The number of fused-ring (bicyclic) bond motifs is 5. The van der Waals surface area contributed by atoms with Crippen LogP contribution in [-0.2, 0) is 10.1 Å². The average Bonchev–Trinajstić information content (AvgIpc) is 2.99. The molecule has 0 unspecified atom stereocenters. The first-order valence-electron chi connectivity index (χ1n) is 13.3. The van der Waals surface area contributed by atoms with Crippen LogP contribution in [0.5, 0.6) is 0 Å². The quantitative estimate of drug-likeness (QED) is 0.265. The zero-order valence-electron chi connectivity index (χ0n) is 21.7. The summed E-state index contributed by atoms with van der Waals surface area (Å²) in [7, 11) is -4.13. The largest absolute Gasteiger partial charge is 1.00 e. The van der Waals surface area contributed by atoms with Gasteiger partial charge in [0.15, 0.2) is 0 Å². The van der Waals surface area contributed by atoms with E-state index in [1.807, 2.05) is 0 Å². The molecule has 8 heteroatoms. The van der Waals surface area contributed by atoms with E-state index in [1.54, 1.807) is 0 Å². The molecule has 4 fully saturated rings. The predicted octanol–water partition coefficient (Wildman–Crippen LogP) is 0.694. The molecule has 4 rings (SSSR count). The first-order chi connectivity index (χ1) is 15.4. The van der Waals surface area contributed by atoms with Crippen LogP contribution in [0.2, 0.25) is 0 Å². The van der Waals surface area contributed by atoms with Crippen LogP contribution in [0.25, 0.3) is 0 Å². The van der Waals surface area contributed by atoms with Gasteiger partial charge in [-0.1, -0.05) is 40.0 Å². The first-order valence-corrected chi connectivity index (χ1v) is 14.9. The Hall–Kier alpha value is 0.790. The number of aliphatic hydroxyl groups excluding tert-OH is 3. The fraction of sp³-hybridized carbons (Fsp3) is 1.00. The van der Waals surface area contributed by atoms with E-state index in [9.17, 15) is 28.3 Å². The molecule has 34 heavy (non-hydrogen) atoms. The molecule has 6 nitrogen and oxygen atoms in total. The third-order valence-corrected chi connectivity index (χ3v) is 11.7. The molecule has 11 atom stereocenters. The van der Waals surface area contributed by atoms with Gasteiger partial charge in [0.05, 0.1) is 28.4 Å². The Bertz CT molecular complexity index is 807. The molecule has 0 bridgehead atoms. The van der Waals surface area contributed by atoms with Crippen molar-refractivity contribution in [3.8, 4) is 0 Å². The molecule has 0 spiro atoms. The van der Waals surface area contributed by atoms with Crippen molar-refractivity contribution in [2.45, 2.75) is 110 Å². The van der Waals surface area contributed by atoms with Crippen LogP contribution in [0.3, 0.4) is 0 Å². The van der Waals surface area contributed by atoms with Crippen LogP contribution in [0.15, 0.2) is 0 Å². The Morgan fingerprint density at radius 1 is 0.941 bits per heavy atom. The molecule has 0 saturated heterocycles. The summed E-state index contributed by atoms with van der Waals surface area (Å²) in [6.07, 6.45) is 8.40. The van der Waals surface area contributed by atoms with Gasteiger partial charge in [-0.2, -0.15) is 0 Å². The average molecular weight is 509 g/mol. The molecule has 192 valence electrons. The number of unbranched alkanes of at least 4 members (excludes halogenated alkanes) is 2. The van der Waals surface area contributed by atoms with Crippen molar-refractivity contribution in [3.63, 3.8) is 0 Å². The van der Waals surface area contributed by atoms with Crippen LogP contribution in [0.1, 0.15) is 91.4 Å². The fourth-order valence-corrected chi connectivity index (χ4v) is 9.86. The smallest absolute Gasteiger partial charge is 0.748 e. The minimum absolute atomic E-state index is 0. The second-order valence-electron chi connectivity index (χ2n) is 12.7. The van der Waals surface area contributed by atoms with Crippen LogP contribution in [-0.4, -0.2) is 52.4 Å². The Morgan fingerprint density at radius 2 is 1.62 bits per heavy atom. The van der Waals surface area contributed by atoms with Gasteiger partial charge in [-0.05, 0) is 97.7 Å². The molecule has 0 aromatic rings. The normalized spacial score (nSPS) is 47.1. The monoisotopic (exact) mass is 508 g/mol. The molecule has 4 aliphatic carbocycles. The van der Waals surface area contributed by atoms with Crippen LogP contribution >= 0.6 is 0 Å². The summed E-state index contributed by atoms with van der Waals surface area (Å²) in [5.74, 6) is 1.57. The SMILES string of the molecule is C[C@H](CCCCCS(=O)(=O)[O-])[C@H]1C[C@H](O)[C@H]2[C@@H]3[C@H](O)C[C@@H]4C[C@H](O)CC[C@]4(C)[C@H]3CC[C@@]21C.[Na+]. The molecule has 3 N–H and O–H groups in total. The zero-order valence-corrected chi connectivity index (χ0v) is 24.5.